The summed E-state index contributed by atoms with van der Waals surface area (Å²) in [5.74, 6) is 0.862. The molecule has 1 aromatic carbocycles. The van der Waals surface area contributed by atoms with Crippen molar-refractivity contribution >= 4 is 11.6 Å². The van der Waals surface area contributed by atoms with Gasteiger partial charge < -0.3 is 9.64 Å². The molecule has 1 atom stereocenters. The molecule has 104 valence electrons. The number of ether oxygens (including phenoxy) is 1. The molecule has 1 aromatic rings. The van der Waals surface area contributed by atoms with Crippen LogP contribution in [0.5, 0.6) is 5.75 Å². The van der Waals surface area contributed by atoms with Gasteiger partial charge in [0.2, 0.25) is 5.91 Å². The summed E-state index contributed by atoms with van der Waals surface area (Å²) in [4.78, 5) is 13.8. The Hall–Kier alpha value is -2.28. The molecule has 4 nitrogen and oxygen atoms in total. The highest BCUT2D eigenvalue weighted by atomic mass is 16.5. The third-order valence-electron chi connectivity index (χ3n) is 3.56. The van der Waals surface area contributed by atoms with Crippen LogP contribution in [0.3, 0.4) is 0 Å². The van der Waals surface area contributed by atoms with Gasteiger partial charge in [0.1, 0.15) is 11.8 Å². The van der Waals surface area contributed by atoms with E-state index in [9.17, 15) is 4.79 Å². The molecule has 4 heteroatoms. The van der Waals surface area contributed by atoms with E-state index >= 15 is 0 Å². The average Bonchev–Trinajstić information content (AvgIpc) is 2.44. The van der Waals surface area contributed by atoms with Gasteiger partial charge in [0.05, 0.1) is 0 Å². The van der Waals surface area contributed by atoms with Gasteiger partial charge in [-0.25, -0.2) is 0 Å². The first-order chi connectivity index (χ1) is 9.54. The van der Waals surface area contributed by atoms with Crippen LogP contribution in [0, 0.1) is 24.2 Å². The Morgan fingerprint density at radius 1 is 1.50 bits per heavy atom. The molecule has 0 bridgehead atoms. The summed E-state index contributed by atoms with van der Waals surface area (Å²) in [6.45, 7) is 3.96. The van der Waals surface area contributed by atoms with Gasteiger partial charge in [-0.15, -0.1) is 0 Å². The minimum atomic E-state index is 0.0391. The Morgan fingerprint density at radius 3 is 2.90 bits per heavy atom. The van der Waals surface area contributed by atoms with Crippen LogP contribution in [0.1, 0.15) is 24.5 Å². The van der Waals surface area contributed by atoms with Crippen molar-refractivity contribution in [3.05, 3.63) is 35.4 Å². The maximum absolute atomic E-state index is 12.1. The number of nitrogens with zero attached hydrogens (tertiary/aromatic N) is 2. The van der Waals surface area contributed by atoms with Crippen LogP contribution in [0.25, 0.3) is 5.70 Å². The maximum atomic E-state index is 12.1. The second-order valence-corrected chi connectivity index (χ2v) is 5.05. The molecule has 1 unspecified atom stereocenters. The Bertz CT molecular complexity index is 599. The zero-order valence-electron chi connectivity index (χ0n) is 12.0. The number of amides is 1. The normalized spacial score (nSPS) is 18.5. The van der Waals surface area contributed by atoms with Gasteiger partial charge in [0.15, 0.2) is 6.61 Å². The number of allylic oxidation sites excluding steroid dienone is 1. The van der Waals surface area contributed by atoms with Crippen LogP contribution in [0.2, 0.25) is 0 Å². The molecule has 0 aromatic heterocycles. The number of rotatable bonds is 3. The first kappa shape index (κ1) is 14.1. The molecule has 0 aliphatic carbocycles. The third kappa shape index (κ3) is 2.67. The fraction of sp³-hybridized carbons (Fsp3) is 0.375. The molecule has 0 spiro atoms. The maximum Gasteiger partial charge on any atom is 0.229 e. The molecular formula is C16H18N2O2. The zero-order chi connectivity index (χ0) is 14.7. The molecule has 0 radical (unpaired) electrons. The van der Waals surface area contributed by atoms with Crippen LogP contribution >= 0.6 is 0 Å². The van der Waals surface area contributed by atoms with Crippen molar-refractivity contribution in [3.8, 4) is 11.8 Å². The van der Waals surface area contributed by atoms with Crippen LogP contribution in [0.15, 0.2) is 24.3 Å². The molecule has 1 aliphatic heterocycles. The highest BCUT2D eigenvalue weighted by Gasteiger charge is 2.25. The summed E-state index contributed by atoms with van der Waals surface area (Å²) in [6.07, 6.45) is 2.87. The predicted molar refractivity (Wildman–Crippen MR) is 76.8 cm³/mol. The minimum absolute atomic E-state index is 0.0391. The van der Waals surface area contributed by atoms with Gasteiger partial charge in [-0.2, -0.15) is 5.26 Å². The van der Waals surface area contributed by atoms with Crippen molar-refractivity contribution in [1.82, 2.24) is 4.90 Å². The third-order valence-corrected chi connectivity index (χ3v) is 3.56. The van der Waals surface area contributed by atoms with E-state index in [1.54, 1.807) is 4.90 Å². The summed E-state index contributed by atoms with van der Waals surface area (Å²) in [5.41, 5.74) is 3.00. The molecular weight excluding hydrogens is 252 g/mol. The van der Waals surface area contributed by atoms with E-state index in [0.29, 0.717) is 5.75 Å². The molecule has 1 heterocycles. The highest BCUT2D eigenvalue weighted by Crippen LogP contribution is 2.30. The van der Waals surface area contributed by atoms with Gasteiger partial charge in [-0.1, -0.05) is 13.0 Å². The van der Waals surface area contributed by atoms with Gasteiger partial charge in [-0.3, -0.25) is 4.79 Å². The number of hydrogen-bond donors (Lipinski definition) is 0. The lowest BCUT2D eigenvalue weighted by atomic mass is 9.95. The van der Waals surface area contributed by atoms with E-state index in [4.69, 9.17) is 10.00 Å². The monoisotopic (exact) mass is 270 g/mol. The van der Waals surface area contributed by atoms with Crippen molar-refractivity contribution < 1.29 is 9.53 Å². The molecule has 0 saturated heterocycles. The first-order valence-electron chi connectivity index (χ1n) is 6.63. The van der Waals surface area contributed by atoms with Gasteiger partial charge in [0, 0.05) is 24.2 Å². The van der Waals surface area contributed by atoms with E-state index in [0.717, 1.165) is 23.2 Å². The van der Waals surface area contributed by atoms with Crippen molar-refractivity contribution in [1.29, 1.82) is 5.26 Å². The summed E-state index contributed by atoms with van der Waals surface area (Å²) in [6, 6.07) is 7.61. The Balaban J connectivity index is 2.30. The van der Waals surface area contributed by atoms with E-state index in [2.05, 4.69) is 6.08 Å². The molecule has 2 rings (SSSR count). The van der Waals surface area contributed by atoms with Gasteiger partial charge in [0.25, 0.3) is 0 Å². The Kier molecular flexibility index (Phi) is 4.09. The standard InChI is InChI=1S/C16H18N2O2/c1-11-4-7-15(18(3)16(11)19)14-6-5-13(10-12(14)2)20-9-8-17/h5-7,10-11H,4,9H2,1-3H3. The largest absolute Gasteiger partial charge is 0.479 e. The highest BCUT2D eigenvalue weighted by molar-refractivity contribution is 5.90. The fourth-order valence-corrected chi connectivity index (χ4v) is 2.40. The van der Waals surface area contributed by atoms with Crippen molar-refractivity contribution in [2.75, 3.05) is 13.7 Å². The molecule has 20 heavy (non-hydrogen) atoms. The van der Waals surface area contributed by atoms with Crippen molar-refractivity contribution in [2.24, 2.45) is 5.92 Å². The summed E-state index contributed by atoms with van der Waals surface area (Å²) in [5, 5.41) is 8.52. The minimum Gasteiger partial charge on any atom is -0.479 e. The number of nitriles is 1. The van der Waals surface area contributed by atoms with Gasteiger partial charge in [-0.05, 0) is 37.1 Å². The fourth-order valence-electron chi connectivity index (χ4n) is 2.40. The van der Waals surface area contributed by atoms with E-state index < -0.39 is 0 Å². The average molecular weight is 270 g/mol. The molecule has 0 fully saturated rings. The SMILES string of the molecule is Cc1cc(OCC#N)ccc1C1=CCC(C)C(=O)N1C. The summed E-state index contributed by atoms with van der Waals surface area (Å²) < 4.78 is 5.28. The van der Waals surface area contributed by atoms with Crippen LogP contribution in [-0.4, -0.2) is 24.5 Å². The van der Waals surface area contributed by atoms with Crippen molar-refractivity contribution in [3.63, 3.8) is 0 Å². The first-order valence-corrected chi connectivity index (χ1v) is 6.63. The van der Waals surface area contributed by atoms with E-state index in [1.165, 1.54) is 0 Å². The summed E-state index contributed by atoms with van der Waals surface area (Å²) >= 11 is 0. The molecule has 1 aliphatic rings. The van der Waals surface area contributed by atoms with Crippen LogP contribution in [0.4, 0.5) is 0 Å². The lowest BCUT2D eigenvalue weighted by Crippen LogP contribution is -2.33. The lowest BCUT2D eigenvalue weighted by molar-refractivity contribution is -0.131. The number of carbonyl (C=O) groups excluding carboxylic acids is 1. The topological polar surface area (TPSA) is 53.3 Å². The smallest absolute Gasteiger partial charge is 0.229 e. The quantitative estimate of drug-likeness (QED) is 0.848. The predicted octanol–water partition coefficient (Wildman–Crippen LogP) is 2.74. The van der Waals surface area contributed by atoms with Crippen LogP contribution in [-0.2, 0) is 4.79 Å². The van der Waals surface area contributed by atoms with E-state index in [-0.39, 0.29) is 18.4 Å². The second kappa shape index (κ2) is 5.79. The number of aryl methyl sites for hydroxylation is 1. The van der Waals surface area contributed by atoms with Crippen LogP contribution < -0.4 is 4.74 Å². The molecule has 0 N–H and O–H groups in total. The van der Waals surface area contributed by atoms with Crippen molar-refractivity contribution in [2.45, 2.75) is 20.3 Å². The van der Waals surface area contributed by atoms with Gasteiger partial charge >= 0.3 is 0 Å². The summed E-state index contributed by atoms with van der Waals surface area (Å²) in [7, 11) is 1.81. The number of benzene rings is 1. The lowest BCUT2D eigenvalue weighted by Gasteiger charge is -2.29. The number of hydrogen-bond acceptors (Lipinski definition) is 3. The Morgan fingerprint density at radius 2 is 2.25 bits per heavy atom. The molecule has 1 amide bonds. The Labute approximate surface area is 119 Å². The second-order valence-electron chi connectivity index (χ2n) is 5.05. The van der Waals surface area contributed by atoms with E-state index in [1.807, 2.05) is 45.2 Å². The molecule has 0 saturated carbocycles. The number of carbonyl (C=O) groups is 1. The zero-order valence-corrected chi connectivity index (χ0v) is 12.0.